The summed E-state index contributed by atoms with van der Waals surface area (Å²) < 4.78 is 0. The van der Waals surface area contributed by atoms with Crippen molar-refractivity contribution in [2.24, 2.45) is 0 Å². The number of hydrogen-bond donors (Lipinski definition) is 1. The van der Waals surface area contributed by atoms with Crippen molar-refractivity contribution >= 4 is 22.5 Å². The number of carbonyl (C=O) groups is 1. The van der Waals surface area contributed by atoms with Gasteiger partial charge in [0.2, 0.25) is 0 Å². The van der Waals surface area contributed by atoms with E-state index in [1.165, 1.54) is 6.42 Å². The number of urea groups is 1. The second kappa shape index (κ2) is 5.26. The zero-order chi connectivity index (χ0) is 13.1. The number of nitrogens with one attached hydrogen (secondary N) is 1. The van der Waals surface area contributed by atoms with Gasteiger partial charge >= 0.3 is 6.03 Å². The molecule has 1 aromatic heterocycles. The molecule has 3 rings (SSSR count). The number of carbonyl (C=O) groups excluding carboxylic acids is 1. The van der Waals surface area contributed by atoms with Gasteiger partial charge in [0, 0.05) is 30.9 Å². The van der Waals surface area contributed by atoms with Gasteiger partial charge in [-0.1, -0.05) is 12.1 Å². The summed E-state index contributed by atoms with van der Waals surface area (Å²) in [6.45, 7) is 1.71. The largest absolute Gasteiger partial charge is 0.325 e. The molecule has 0 aliphatic carbocycles. The summed E-state index contributed by atoms with van der Waals surface area (Å²) in [5, 5.41) is 5.07. The first-order chi connectivity index (χ1) is 9.34. The normalized spacial score (nSPS) is 15.5. The first-order valence-corrected chi connectivity index (χ1v) is 6.73. The van der Waals surface area contributed by atoms with Crippen LogP contribution in [0.3, 0.4) is 0 Å². The average molecular weight is 255 g/mol. The molecule has 0 bridgehead atoms. The Morgan fingerprint density at radius 2 is 2.00 bits per heavy atom. The van der Waals surface area contributed by atoms with Crippen LogP contribution in [0.1, 0.15) is 19.3 Å². The summed E-state index contributed by atoms with van der Waals surface area (Å²) in [5.41, 5.74) is 0.834. The molecule has 19 heavy (non-hydrogen) atoms. The first kappa shape index (κ1) is 12.0. The van der Waals surface area contributed by atoms with Crippen LogP contribution in [-0.2, 0) is 0 Å². The molecule has 2 aromatic rings. The number of anilines is 1. The number of aromatic nitrogens is 1. The van der Waals surface area contributed by atoms with Crippen molar-refractivity contribution in [3.05, 3.63) is 36.7 Å². The first-order valence-electron chi connectivity index (χ1n) is 6.73. The lowest BCUT2D eigenvalue weighted by molar-refractivity contribution is 0.200. The number of hydrogen-bond acceptors (Lipinski definition) is 2. The third kappa shape index (κ3) is 2.52. The number of rotatable bonds is 1. The Labute approximate surface area is 112 Å². The molecule has 0 unspecified atom stereocenters. The molecule has 1 N–H and O–H groups in total. The van der Waals surface area contributed by atoms with Crippen LogP contribution >= 0.6 is 0 Å². The van der Waals surface area contributed by atoms with Gasteiger partial charge in [-0.05, 0) is 36.8 Å². The minimum Gasteiger partial charge on any atom is -0.325 e. The van der Waals surface area contributed by atoms with Gasteiger partial charge in [-0.3, -0.25) is 4.98 Å². The van der Waals surface area contributed by atoms with E-state index in [0.29, 0.717) is 0 Å². The summed E-state index contributed by atoms with van der Waals surface area (Å²) in [6, 6.07) is 7.84. The van der Waals surface area contributed by atoms with Crippen LogP contribution in [0.2, 0.25) is 0 Å². The van der Waals surface area contributed by atoms with E-state index in [0.717, 1.165) is 42.4 Å². The maximum absolute atomic E-state index is 12.2. The molecule has 2 heterocycles. The standard InChI is InChI=1S/C15H17N3O/c19-15(18-9-2-1-3-10-18)17-14-6-4-5-12-7-8-16-11-13(12)14/h4-8,11H,1-3,9-10H2,(H,17,19). The van der Waals surface area contributed by atoms with E-state index in [9.17, 15) is 4.79 Å². The summed E-state index contributed by atoms with van der Waals surface area (Å²) in [6.07, 6.45) is 6.98. The SMILES string of the molecule is O=C(Nc1cccc2ccncc12)N1CCCCC1. The van der Waals surface area contributed by atoms with E-state index in [4.69, 9.17) is 0 Å². The van der Waals surface area contributed by atoms with Crippen LogP contribution in [0.5, 0.6) is 0 Å². The maximum atomic E-state index is 12.2. The molecule has 1 aliphatic rings. The molecular weight excluding hydrogens is 238 g/mol. The number of fused-ring (bicyclic) bond motifs is 1. The Hall–Kier alpha value is -2.10. The fourth-order valence-electron chi connectivity index (χ4n) is 2.51. The van der Waals surface area contributed by atoms with Gasteiger partial charge in [-0.2, -0.15) is 0 Å². The molecule has 1 aliphatic heterocycles. The molecular formula is C15H17N3O. The molecule has 98 valence electrons. The zero-order valence-electron chi connectivity index (χ0n) is 10.8. The van der Waals surface area contributed by atoms with Crippen LogP contribution in [0, 0.1) is 0 Å². The van der Waals surface area contributed by atoms with Crippen molar-refractivity contribution in [2.45, 2.75) is 19.3 Å². The predicted octanol–water partition coefficient (Wildman–Crippen LogP) is 3.25. The predicted molar refractivity (Wildman–Crippen MR) is 76.2 cm³/mol. The molecule has 1 saturated heterocycles. The molecule has 0 saturated carbocycles. The molecule has 4 nitrogen and oxygen atoms in total. The van der Waals surface area contributed by atoms with Gasteiger partial charge in [0.25, 0.3) is 0 Å². The highest BCUT2D eigenvalue weighted by molar-refractivity contribution is 6.01. The van der Waals surface area contributed by atoms with Crippen LogP contribution in [0.4, 0.5) is 10.5 Å². The zero-order valence-corrected chi connectivity index (χ0v) is 10.8. The van der Waals surface area contributed by atoms with E-state index in [1.807, 2.05) is 29.2 Å². The van der Waals surface area contributed by atoms with Gasteiger partial charge < -0.3 is 10.2 Å². The third-order valence-electron chi connectivity index (χ3n) is 3.57. The number of pyridine rings is 1. The summed E-state index contributed by atoms with van der Waals surface area (Å²) in [4.78, 5) is 18.2. The van der Waals surface area contributed by atoms with E-state index in [2.05, 4.69) is 10.3 Å². The molecule has 0 atom stereocenters. The third-order valence-corrected chi connectivity index (χ3v) is 3.57. The quantitative estimate of drug-likeness (QED) is 0.850. The molecule has 1 aromatic carbocycles. The molecule has 4 heteroatoms. The fraction of sp³-hybridized carbons (Fsp3) is 0.333. The van der Waals surface area contributed by atoms with Crippen LogP contribution in [0.25, 0.3) is 10.8 Å². The highest BCUT2D eigenvalue weighted by Gasteiger charge is 2.16. The molecule has 0 spiro atoms. The van der Waals surface area contributed by atoms with E-state index in [1.54, 1.807) is 12.4 Å². The summed E-state index contributed by atoms with van der Waals surface area (Å²) in [7, 11) is 0. The summed E-state index contributed by atoms with van der Waals surface area (Å²) in [5.74, 6) is 0. The van der Waals surface area contributed by atoms with Crippen LogP contribution in [0.15, 0.2) is 36.7 Å². The Morgan fingerprint density at radius 1 is 1.16 bits per heavy atom. The molecule has 0 radical (unpaired) electrons. The van der Waals surface area contributed by atoms with Crippen molar-refractivity contribution in [3.8, 4) is 0 Å². The highest BCUT2D eigenvalue weighted by atomic mass is 16.2. The number of amides is 2. The second-order valence-electron chi connectivity index (χ2n) is 4.88. The number of likely N-dealkylation sites (tertiary alicyclic amines) is 1. The van der Waals surface area contributed by atoms with Gasteiger partial charge in [0.15, 0.2) is 0 Å². The Kier molecular flexibility index (Phi) is 3.31. The monoisotopic (exact) mass is 255 g/mol. The molecule has 1 fully saturated rings. The second-order valence-corrected chi connectivity index (χ2v) is 4.88. The van der Waals surface area contributed by atoms with Crippen molar-refractivity contribution in [1.82, 2.24) is 9.88 Å². The topological polar surface area (TPSA) is 45.2 Å². The average Bonchev–Trinajstić information content (AvgIpc) is 2.48. The minimum absolute atomic E-state index is 0.00365. The van der Waals surface area contributed by atoms with Gasteiger partial charge in [-0.25, -0.2) is 4.79 Å². The van der Waals surface area contributed by atoms with E-state index < -0.39 is 0 Å². The highest BCUT2D eigenvalue weighted by Crippen LogP contribution is 2.22. The lowest BCUT2D eigenvalue weighted by Crippen LogP contribution is -2.38. The number of benzene rings is 1. The van der Waals surface area contributed by atoms with E-state index in [-0.39, 0.29) is 6.03 Å². The van der Waals surface area contributed by atoms with Crippen molar-refractivity contribution in [3.63, 3.8) is 0 Å². The van der Waals surface area contributed by atoms with Crippen molar-refractivity contribution in [2.75, 3.05) is 18.4 Å². The lowest BCUT2D eigenvalue weighted by Gasteiger charge is -2.27. The summed E-state index contributed by atoms with van der Waals surface area (Å²) >= 11 is 0. The molecule has 2 amide bonds. The van der Waals surface area contributed by atoms with Gasteiger partial charge in [0.1, 0.15) is 0 Å². The fourth-order valence-corrected chi connectivity index (χ4v) is 2.51. The Bertz CT molecular complexity index is 585. The Morgan fingerprint density at radius 3 is 2.84 bits per heavy atom. The Balaban J connectivity index is 1.82. The van der Waals surface area contributed by atoms with Crippen LogP contribution in [-0.4, -0.2) is 29.0 Å². The van der Waals surface area contributed by atoms with Crippen molar-refractivity contribution in [1.29, 1.82) is 0 Å². The van der Waals surface area contributed by atoms with Gasteiger partial charge in [-0.15, -0.1) is 0 Å². The number of nitrogens with zero attached hydrogens (tertiary/aromatic N) is 2. The number of piperidine rings is 1. The van der Waals surface area contributed by atoms with E-state index >= 15 is 0 Å². The van der Waals surface area contributed by atoms with Crippen molar-refractivity contribution < 1.29 is 4.79 Å². The maximum Gasteiger partial charge on any atom is 0.321 e. The van der Waals surface area contributed by atoms with Gasteiger partial charge in [0.05, 0.1) is 5.69 Å². The smallest absolute Gasteiger partial charge is 0.321 e. The van der Waals surface area contributed by atoms with Crippen LogP contribution < -0.4 is 5.32 Å². The minimum atomic E-state index is -0.00365. The lowest BCUT2D eigenvalue weighted by atomic mass is 10.1.